The highest BCUT2D eigenvalue weighted by Gasteiger charge is 2.47. The van der Waals surface area contributed by atoms with Crippen LogP contribution in [0.5, 0.6) is 0 Å². The molecule has 1 amide bonds. The molecule has 2 aliphatic heterocycles. The van der Waals surface area contributed by atoms with Crippen LogP contribution < -0.4 is 16.0 Å². The Morgan fingerprint density at radius 2 is 2.03 bits per heavy atom. The van der Waals surface area contributed by atoms with Gasteiger partial charge in [0.1, 0.15) is 0 Å². The average molecular weight is 453 g/mol. The molecule has 10 nitrogen and oxygen atoms in total. The number of anilines is 2. The standard InChI is InChI=1S/C19H22F3N7O3/c1-18(9-30)8-25-15(31)13(18)12-6-11(26-17(27-12)29-2-4-32-5-3-29)10-7-24-16(23)28-14(10)19(20,21)22/h6-7,13,30H,2-5,8-9H2,1H3,(H,25,31)(H2,23,24,28)/t13-,18?/m1/s1. The molecule has 0 aromatic carbocycles. The zero-order valence-corrected chi connectivity index (χ0v) is 17.2. The molecular formula is C19H22F3N7O3. The van der Waals surface area contributed by atoms with Gasteiger partial charge < -0.3 is 25.8 Å². The summed E-state index contributed by atoms with van der Waals surface area (Å²) in [5, 5.41) is 12.6. The Hall–Kier alpha value is -3.06. The van der Waals surface area contributed by atoms with Crippen molar-refractivity contribution >= 4 is 17.8 Å². The van der Waals surface area contributed by atoms with Crippen LogP contribution in [0, 0.1) is 5.41 Å². The van der Waals surface area contributed by atoms with Gasteiger partial charge in [0.05, 0.1) is 37.1 Å². The molecule has 13 heteroatoms. The van der Waals surface area contributed by atoms with E-state index >= 15 is 0 Å². The summed E-state index contributed by atoms with van der Waals surface area (Å²) in [7, 11) is 0. The quantitative estimate of drug-likeness (QED) is 0.607. The average Bonchev–Trinajstić information content (AvgIpc) is 3.08. The van der Waals surface area contributed by atoms with Gasteiger partial charge in [-0.2, -0.15) is 13.2 Å². The summed E-state index contributed by atoms with van der Waals surface area (Å²) < 4.78 is 46.4. The number of alkyl halides is 3. The number of carbonyl (C=O) groups excluding carboxylic acids is 1. The largest absolute Gasteiger partial charge is 0.434 e. The van der Waals surface area contributed by atoms with Crippen LogP contribution in [-0.4, -0.2) is 70.4 Å². The van der Waals surface area contributed by atoms with Crippen molar-refractivity contribution in [3.63, 3.8) is 0 Å². The summed E-state index contributed by atoms with van der Waals surface area (Å²) in [6, 6.07) is 1.32. The number of nitrogens with one attached hydrogen (secondary N) is 1. The first-order chi connectivity index (χ1) is 15.1. The van der Waals surface area contributed by atoms with Crippen molar-refractivity contribution in [1.29, 1.82) is 0 Å². The first kappa shape index (κ1) is 22.1. The van der Waals surface area contributed by atoms with E-state index in [1.807, 2.05) is 0 Å². The van der Waals surface area contributed by atoms with Crippen LogP contribution in [0.1, 0.15) is 24.2 Å². The lowest BCUT2D eigenvalue weighted by Crippen LogP contribution is -2.38. The highest BCUT2D eigenvalue weighted by Crippen LogP contribution is 2.41. The van der Waals surface area contributed by atoms with Crippen LogP contribution in [0.4, 0.5) is 25.1 Å². The number of nitrogens with zero attached hydrogens (tertiary/aromatic N) is 5. The van der Waals surface area contributed by atoms with Gasteiger partial charge in [-0.1, -0.05) is 6.92 Å². The number of aromatic nitrogens is 4. The maximum absolute atomic E-state index is 13.7. The van der Waals surface area contributed by atoms with Crippen molar-refractivity contribution in [3.05, 3.63) is 23.7 Å². The molecule has 4 heterocycles. The van der Waals surface area contributed by atoms with Gasteiger partial charge in [-0.05, 0) is 6.07 Å². The minimum absolute atomic E-state index is 0.0937. The molecular weight excluding hydrogens is 431 g/mol. The maximum atomic E-state index is 13.7. The van der Waals surface area contributed by atoms with Crippen molar-refractivity contribution in [2.24, 2.45) is 5.41 Å². The van der Waals surface area contributed by atoms with Gasteiger partial charge in [-0.3, -0.25) is 4.79 Å². The normalized spacial score (nSPS) is 24.0. The Kier molecular flexibility index (Phi) is 5.63. The molecule has 0 radical (unpaired) electrons. The van der Waals surface area contributed by atoms with E-state index in [-0.39, 0.29) is 42.0 Å². The van der Waals surface area contributed by atoms with E-state index in [1.165, 1.54) is 6.07 Å². The number of nitrogens with two attached hydrogens (primary N) is 1. The summed E-state index contributed by atoms with van der Waals surface area (Å²) in [5.41, 5.74) is 3.01. The number of hydrogen-bond donors (Lipinski definition) is 3. The van der Waals surface area contributed by atoms with E-state index in [9.17, 15) is 23.1 Å². The van der Waals surface area contributed by atoms with Crippen LogP contribution in [0.2, 0.25) is 0 Å². The zero-order valence-electron chi connectivity index (χ0n) is 17.2. The fourth-order valence-corrected chi connectivity index (χ4v) is 3.89. The minimum atomic E-state index is -4.80. The molecule has 1 unspecified atom stereocenters. The summed E-state index contributed by atoms with van der Waals surface area (Å²) in [5.74, 6) is -1.61. The van der Waals surface area contributed by atoms with Crippen molar-refractivity contribution in [2.45, 2.75) is 19.0 Å². The van der Waals surface area contributed by atoms with E-state index < -0.39 is 29.2 Å². The van der Waals surface area contributed by atoms with Gasteiger partial charge in [-0.15, -0.1) is 0 Å². The van der Waals surface area contributed by atoms with Crippen LogP contribution in [-0.2, 0) is 15.7 Å². The maximum Gasteiger partial charge on any atom is 0.434 e. The predicted molar refractivity (Wildman–Crippen MR) is 106 cm³/mol. The molecule has 4 rings (SSSR count). The van der Waals surface area contributed by atoms with Crippen LogP contribution in [0.3, 0.4) is 0 Å². The number of ether oxygens (including phenoxy) is 1. The van der Waals surface area contributed by atoms with Gasteiger partial charge >= 0.3 is 6.18 Å². The number of aliphatic hydroxyl groups is 1. The highest BCUT2D eigenvalue weighted by molar-refractivity contribution is 5.87. The zero-order chi connectivity index (χ0) is 23.1. The molecule has 0 bridgehead atoms. The Bertz CT molecular complexity index is 1030. The third-order valence-electron chi connectivity index (χ3n) is 5.66. The second-order valence-corrected chi connectivity index (χ2v) is 8.03. The lowest BCUT2D eigenvalue weighted by atomic mass is 9.78. The smallest absolute Gasteiger partial charge is 0.396 e. The Morgan fingerprint density at radius 3 is 2.69 bits per heavy atom. The first-order valence-corrected chi connectivity index (χ1v) is 9.93. The van der Waals surface area contributed by atoms with Gasteiger partial charge in [0, 0.05) is 36.8 Å². The molecule has 2 aromatic heterocycles. The molecule has 172 valence electrons. The van der Waals surface area contributed by atoms with Gasteiger partial charge in [0.25, 0.3) is 0 Å². The van der Waals surface area contributed by atoms with Crippen LogP contribution in [0.15, 0.2) is 12.3 Å². The molecule has 2 aliphatic rings. The highest BCUT2D eigenvalue weighted by atomic mass is 19.4. The molecule has 4 N–H and O–H groups in total. The molecule has 2 saturated heterocycles. The Balaban J connectivity index is 1.90. The number of morpholine rings is 1. The third kappa shape index (κ3) is 4.05. The van der Waals surface area contributed by atoms with E-state index in [0.717, 1.165) is 6.20 Å². The number of amides is 1. The lowest BCUT2D eigenvalue weighted by molar-refractivity contribution is -0.140. The number of rotatable bonds is 4. The summed E-state index contributed by atoms with van der Waals surface area (Å²) >= 11 is 0. The number of nitrogen functional groups attached to an aromatic ring is 1. The predicted octanol–water partition coefficient (Wildman–Crippen LogP) is 0.583. The molecule has 0 spiro atoms. The van der Waals surface area contributed by atoms with E-state index in [0.29, 0.717) is 26.3 Å². The first-order valence-electron chi connectivity index (χ1n) is 9.93. The number of carbonyl (C=O) groups is 1. The Morgan fingerprint density at radius 1 is 1.31 bits per heavy atom. The molecule has 2 atom stereocenters. The Labute approximate surface area is 181 Å². The lowest BCUT2D eigenvalue weighted by Gasteiger charge is -2.30. The van der Waals surface area contributed by atoms with E-state index in [2.05, 4.69) is 25.3 Å². The van der Waals surface area contributed by atoms with Crippen LogP contribution >= 0.6 is 0 Å². The number of hydrogen-bond acceptors (Lipinski definition) is 9. The number of aliphatic hydroxyl groups excluding tert-OH is 1. The summed E-state index contributed by atoms with van der Waals surface area (Å²) in [6.45, 7) is 3.27. The van der Waals surface area contributed by atoms with E-state index in [4.69, 9.17) is 10.5 Å². The van der Waals surface area contributed by atoms with Gasteiger partial charge in [0.2, 0.25) is 17.8 Å². The summed E-state index contributed by atoms with van der Waals surface area (Å²) in [6.07, 6.45) is -3.85. The fourth-order valence-electron chi connectivity index (χ4n) is 3.89. The second kappa shape index (κ2) is 8.13. The van der Waals surface area contributed by atoms with Crippen LogP contribution in [0.25, 0.3) is 11.3 Å². The monoisotopic (exact) mass is 453 g/mol. The molecule has 2 fully saturated rings. The fraction of sp³-hybridized carbons (Fsp3) is 0.526. The molecule has 0 aliphatic carbocycles. The topological polar surface area (TPSA) is 139 Å². The third-order valence-corrected chi connectivity index (χ3v) is 5.66. The van der Waals surface area contributed by atoms with E-state index in [1.54, 1.807) is 11.8 Å². The summed E-state index contributed by atoms with van der Waals surface area (Å²) in [4.78, 5) is 30.3. The van der Waals surface area contributed by atoms with Crippen molar-refractivity contribution in [3.8, 4) is 11.3 Å². The molecule has 2 aromatic rings. The SMILES string of the molecule is CC1(CO)CNC(=O)[C@H]1c1cc(-c2cnc(N)nc2C(F)(F)F)nc(N2CCOCC2)n1. The molecule has 32 heavy (non-hydrogen) atoms. The number of halogens is 3. The van der Waals surface area contributed by atoms with Gasteiger partial charge in [0.15, 0.2) is 5.69 Å². The minimum Gasteiger partial charge on any atom is -0.396 e. The van der Waals surface area contributed by atoms with Crippen molar-refractivity contribution in [1.82, 2.24) is 25.3 Å². The second-order valence-electron chi connectivity index (χ2n) is 8.03. The van der Waals surface area contributed by atoms with Gasteiger partial charge in [-0.25, -0.2) is 19.9 Å². The molecule has 0 saturated carbocycles. The van der Waals surface area contributed by atoms with Crippen molar-refractivity contribution < 1.29 is 27.8 Å². The van der Waals surface area contributed by atoms with Crippen molar-refractivity contribution in [2.75, 3.05) is 50.1 Å².